The summed E-state index contributed by atoms with van der Waals surface area (Å²) in [7, 11) is 1.64. The molecule has 1 aliphatic carbocycles. The molecular formula is C21H26N4O2. The first kappa shape index (κ1) is 17.8. The summed E-state index contributed by atoms with van der Waals surface area (Å²) in [5.41, 5.74) is 3.22. The Morgan fingerprint density at radius 1 is 1.19 bits per heavy atom. The van der Waals surface area contributed by atoms with Gasteiger partial charge in [-0.2, -0.15) is 0 Å². The Labute approximate surface area is 160 Å². The number of ether oxygens (including phenoxy) is 2. The van der Waals surface area contributed by atoms with Crippen LogP contribution in [-0.4, -0.2) is 48.2 Å². The standard InChI is InChI=1S/C21H26N4O2/c1-26-20-15-23-21(24-18-8-9-22-17-7-4-6-16(17)18)14-19(20)27-13-5-12-25-10-2-3-11-25/h4,6,8-9,14-15H,2-3,5,7,10-13H2,1H3,(H,22,23,24). The van der Waals surface area contributed by atoms with Crippen molar-refractivity contribution in [3.05, 3.63) is 41.9 Å². The lowest BCUT2D eigenvalue weighted by Crippen LogP contribution is -2.21. The van der Waals surface area contributed by atoms with Gasteiger partial charge >= 0.3 is 0 Å². The highest BCUT2D eigenvalue weighted by Crippen LogP contribution is 2.32. The van der Waals surface area contributed by atoms with E-state index in [1.807, 2.05) is 18.3 Å². The fraction of sp³-hybridized carbons (Fsp3) is 0.429. The Kier molecular flexibility index (Phi) is 5.53. The molecule has 1 saturated heterocycles. The summed E-state index contributed by atoms with van der Waals surface area (Å²) < 4.78 is 11.4. The van der Waals surface area contributed by atoms with E-state index in [9.17, 15) is 0 Å². The SMILES string of the molecule is COc1cnc(Nc2ccnc3c2C=CC3)cc1OCCCN1CCCC1. The fourth-order valence-corrected chi connectivity index (χ4v) is 3.64. The van der Waals surface area contributed by atoms with Crippen LogP contribution in [0.1, 0.15) is 30.5 Å². The number of likely N-dealkylation sites (tertiary alicyclic amines) is 1. The largest absolute Gasteiger partial charge is 0.491 e. The van der Waals surface area contributed by atoms with Gasteiger partial charge in [0.25, 0.3) is 0 Å². The lowest BCUT2D eigenvalue weighted by molar-refractivity contribution is 0.254. The summed E-state index contributed by atoms with van der Waals surface area (Å²) in [4.78, 5) is 11.4. The summed E-state index contributed by atoms with van der Waals surface area (Å²) in [5.74, 6) is 2.11. The van der Waals surface area contributed by atoms with E-state index in [1.54, 1.807) is 13.3 Å². The van der Waals surface area contributed by atoms with Gasteiger partial charge in [0.15, 0.2) is 11.5 Å². The monoisotopic (exact) mass is 366 g/mol. The van der Waals surface area contributed by atoms with Crippen LogP contribution in [0.5, 0.6) is 11.5 Å². The second-order valence-corrected chi connectivity index (χ2v) is 6.92. The van der Waals surface area contributed by atoms with E-state index in [2.05, 4.69) is 32.3 Å². The third kappa shape index (κ3) is 4.22. The Morgan fingerprint density at radius 2 is 2.07 bits per heavy atom. The van der Waals surface area contributed by atoms with Gasteiger partial charge in [0.2, 0.25) is 0 Å². The molecule has 2 aliphatic rings. The third-order valence-electron chi connectivity index (χ3n) is 5.06. The van der Waals surface area contributed by atoms with E-state index in [4.69, 9.17) is 9.47 Å². The van der Waals surface area contributed by atoms with Gasteiger partial charge in [-0.05, 0) is 38.4 Å². The molecule has 1 fully saturated rings. The van der Waals surface area contributed by atoms with Crippen LogP contribution >= 0.6 is 0 Å². The minimum absolute atomic E-state index is 0.654. The smallest absolute Gasteiger partial charge is 0.179 e. The highest BCUT2D eigenvalue weighted by atomic mass is 16.5. The maximum absolute atomic E-state index is 6.00. The second-order valence-electron chi connectivity index (χ2n) is 6.92. The normalized spacial score (nSPS) is 15.7. The molecule has 1 aliphatic heterocycles. The Morgan fingerprint density at radius 3 is 2.93 bits per heavy atom. The molecule has 0 spiro atoms. The molecule has 3 heterocycles. The van der Waals surface area contributed by atoms with Crippen LogP contribution in [0.15, 0.2) is 30.6 Å². The van der Waals surface area contributed by atoms with Crippen molar-refractivity contribution in [2.24, 2.45) is 0 Å². The van der Waals surface area contributed by atoms with Gasteiger partial charge in [-0.25, -0.2) is 4.98 Å². The summed E-state index contributed by atoms with van der Waals surface area (Å²) >= 11 is 0. The highest BCUT2D eigenvalue weighted by Gasteiger charge is 2.14. The molecule has 6 heteroatoms. The first-order valence-electron chi connectivity index (χ1n) is 9.64. The van der Waals surface area contributed by atoms with Crippen molar-refractivity contribution >= 4 is 17.6 Å². The molecular weight excluding hydrogens is 340 g/mol. The van der Waals surface area contributed by atoms with Crippen molar-refractivity contribution in [3.8, 4) is 11.5 Å². The van der Waals surface area contributed by atoms with E-state index in [0.717, 1.165) is 47.9 Å². The molecule has 0 unspecified atom stereocenters. The van der Waals surface area contributed by atoms with Crippen molar-refractivity contribution in [2.45, 2.75) is 25.7 Å². The Balaban J connectivity index is 1.41. The molecule has 27 heavy (non-hydrogen) atoms. The molecule has 6 nitrogen and oxygen atoms in total. The summed E-state index contributed by atoms with van der Waals surface area (Å²) in [6, 6.07) is 3.87. The quantitative estimate of drug-likeness (QED) is 0.720. The number of hydrogen-bond acceptors (Lipinski definition) is 6. The molecule has 0 radical (unpaired) electrons. The Hall–Kier alpha value is -2.60. The molecule has 0 atom stereocenters. The molecule has 142 valence electrons. The predicted molar refractivity (Wildman–Crippen MR) is 107 cm³/mol. The van der Waals surface area contributed by atoms with Crippen molar-refractivity contribution in [1.82, 2.24) is 14.9 Å². The molecule has 4 rings (SSSR count). The van der Waals surface area contributed by atoms with E-state index < -0.39 is 0 Å². The number of rotatable bonds is 8. The van der Waals surface area contributed by atoms with Crippen LogP contribution in [0.3, 0.4) is 0 Å². The predicted octanol–water partition coefficient (Wildman–Crippen LogP) is 3.66. The van der Waals surface area contributed by atoms with Gasteiger partial charge in [-0.3, -0.25) is 4.98 Å². The topological polar surface area (TPSA) is 59.5 Å². The number of aromatic nitrogens is 2. The van der Waals surface area contributed by atoms with Crippen LogP contribution in [-0.2, 0) is 6.42 Å². The van der Waals surface area contributed by atoms with Crippen LogP contribution in [0.2, 0.25) is 0 Å². The van der Waals surface area contributed by atoms with E-state index >= 15 is 0 Å². The first-order chi connectivity index (χ1) is 13.3. The summed E-state index contributed by atoms with van der Waals surface area (Å²) in [6.07, 6.45) is 12.3. The average molecular weight is 366 g/mol. The number of allylic oxidation sites excluding steroid dienone is 1. The second kappa shape index (κ2) is 8.39. The molecule has 0 bridgehead atoms. The molecule has 0 aromatic carbocycles. The van der Waals surface area contributed by atoms with Gasteiger partial charge in [-0.15, -0.1) is 0 Å². The van der Waals surface area contributed by atoms with Gasteiger partial charge in [-0.1, -0.05) is 12.2 Å². The molecule has 1 N–H and O–H groups in total. The van der Waals surface area contributed by atoms with E-state index in [1.165, 1.54) is 25.9 Å². The zero-order valence-corrected chi connectivity index (χ0v) is 15.8. The average Bonchev–Trinajstić information content (AvgIpc) is 3.37. The van der Waals surface area contributed by atoms with Crippen molar-refractivity contribution in [1.29, 1.82) is 0 Å². The van der Waals surface area contributed by atoms with Gasteiger partial charge in [0, 0.05) is 30.8 Å². The zero-order chi connectivity index (χ0) is 18.5. The number of hydrogen-bond donors (Lipinski definition) is 1. The highest BCUT2D eigenvalue weighted by molar-refractivity contribution is 5.75. The van der Waals surface area contributed by atoms with Gasteiger partial charge < -0.3 is 19.7 Å². The summed E-state index contributed by atoms with van der Waals surface area (Å²) in [6.45, 7) is 4.20. The number of nitrogens with one attached hydrogen (secondary N) is 1. The number of methoxy groups -OCH3 is 1. The lowest BCUT2D eigenvalue weighted by Gasteiger charge is -2.16. The third-order valence-corrected chi connectivity index (χ3v) is 5.06. The summed E-state index contributed by atoms with van der Waals surface area (Å²) in [5, 5.41) is 3.39. The molecule has 2 aromatic heterocycles. The van der Waals surface area contributed by atoms with Crippen molar-refractivity contribution in [3.63, 3.8) is 0 Å². The van der Waals surface area contributed by atoms with Crippen molar-refractivity contribution < 1.29 is 9.47 Å². The van der Waals surface area contributed by atoms with Crippen LogP contribution < -0.4 is 14.8 Å². The lowest BCUT2D eigenvalue weighted by atomic mass is 10.2. The molecule has 0 saturated carbocycles. The van der Waals surface area contributed by atoms with Crippen LogP contribution in [0.25, 0.3) is 6.08 Å². The number of anilines is 2. The minimum atomic E-state index is 0.654. The zero-order valence-electron chi connectivity index (χ0n) is 15.8. The maximum atomic E-state index is 6.00. The van der Waals surface area contributed by atoms with Crippen LogP contribution in [0.4, 0.5) is 11.5 Å². The Bertz CT molecular complexity index is 816. The van der Waals surface area contributed by atoms with Gasteiger partial charge in [0.1, 0.15) is 5.82 Å². The molecule has 2 aromatic rings. The molecule has 0 amide bonds. The maximum Gasteiger partial charge on any atom is 0.179 e. The van der Waals surface area contributed by atoms with Crippen LogP contribution in [0, 0.1) is 0 Å². The number of fused-ring (bicyclic) bond motifs is 1. The number of pyridine rings is 2. The van der Waals surface area contributed by atoms with E-state index in [-0.39, 0.29) is 0 Å². The fourth-order valence-electron chi connectivity index (χ4n) is 3.64. The minimum Gasteiger partial charge on any atom is -0.491 e. The van der Waals surface area contributed by atoms with Gasteiger partial charge in [0.05, 0.1) is 31.3 Å². The van der Waals surface area contributed by atoms with E-state index in [0.29, 0.717) is 12.4 Å². The van der Waals surface area contributed by atoms with Crippen molar-refractivity contribution in [2.75, 3.05) is 38.7 Å². The first-order valence-corrected chi connectivity index (χ1v) is 9.64. The number of nitrogens with zero attached hydrogens (tertiary/aromatic N) is 3.